The molecule has 4 heterocycles. The van der Waals surface area contributed by atoms with Crippen molar-refractivity contribution in [1.29, 1.82) is 0 Å². The second-order valence-electron chi connectivity index (χ2n) is 7.84. The molecule has 10 heteroatoms. The van der Waals surface area contributed by atoms with Gasteiger partial charge in [-0.1, -0.05) is 36.0 Å². The summed E-state index contributed by atoms with van der Waals surface area (Å²) in [5.74, 6) is 1.55. The quantitative estimate of drug-likeness (QED) is 0.374. The van der Waals surface area contributed by atoms with Crippen LogP contribution in [0.1, 0.15) is 30.2 Å². The average Bonchev–Trinajstić information content (AvgIpc) is 3.57. The summed E-state index contributed by atoms with van der Waals surface area (Å²) in [6, 6.07) is 14.0. The molecule has 5 rings (SSSR count). The topological polar surface area (TPSA) is 86.3 Å². The van der Waals surface area contributed by atoms with Gasteiger partial charge in [-0.2, -0.15) is 0 Å². The first kappa shape index (κ1) is 21.9. The van der Waals surface area contributed by atoms with E-state index in [2.05, 4.69) is 15.2 Å². The molecule has 8 nitrogen and oxygen atoms in total. The Bertz CT molecular complexity index is 1210. The number of ether oxygens (including phenoxy) is 1. The number of carbonyl (C=O) groups excluding carboxylic acids is 1. The van der Waals surface area contributed by atoms with E-state index in [1.165, 1.54) is 18.0 Å². The third kappa shape index (κ3) is 4.73. The van der Waals surface area contributed by atoms with Gasteiger partial charge in [-0.25, -0.2) is 4.98 Å². The van der Waals surface area contributed by atoms with Crippen molar-refractivity contribution in [3.8, 4) is 16.4 Å². The third-order valence-electron chi connectivity index (χ3n) is 5.19. The fourth-order valence-electron chi connectivity index (χ4n) is 3.85. The molecular weight excluding hydrogens is 458 g/mol. The van der Waals surface area contributed by atoms with Crippen LogP contribution in [-0.4, -0.2) is 55.9 Å². The number of amides is 1. The predicted molar refractivity (Wildman–Crippen MR) is 127 cm³/mol. The maximum atomic E-state index is 12.9. The van der Waals surface area contributed by atoms with Crippen LogP contribution in [0.2, 0.25) is 0 Å². The van der Waals surface area contributed by atoms with Crippen molar-refractivity contribution in [2.75, 3.05) is 13.1 Å². The first-order chi connectivity index (χ1) is 16.1. The Morgan fingerprint density at radius 1 is 1.12 bits per heavy atom. The number of hydrogen-bond acceptors (Lipinski definition) is 8. The van der Waals surface area contributed by atoms with Crippen LogP contribution in [0.25, 0.3) is 16.4 Å². The van der Waals surface area contributed by atoms with Crippen molar-refractivity contribution < 1.29 is 13.9 Å². The molecule has 1 aromatic carbocycles. The smallest absolute Gasteiger partial charge is 0.275 e. The Kier molecular flexibility index (Phi) is 6.30. The maximum absolute atomic E-state index is 12.9. The summed E-state index contributed by atoms with van der Waals surface area (Å²) < 4.78 is 13.4. The highest BCUT2D eigenvalue weighted by Gasteiger charge is 2.28. The number of rotatable bonds is 6. The number of nitrogens with zero attached hydrogens (tertiary/aromatic N) is 5. The molecular formula is C23H23N5O3S2. The van der Waals surface area contributed by atoms with E-state index < -0.39 is 0 Å². The van der Waals surface area contributed by atoms with Crippen LogP contribution >= 0.6 is 23.1 Å². The van der Waals surface area contributed by atoms with Gasteiger partial charge in [0.15, 0.2) is 16.7 Å². The minimum absolute atomic E-state index is 0.00140. The summed E-state index contributed by atoms with van der Waals surface area (Å²) in [5, 5.41) is 11.6. The van der Waals surface area contributed by atoms with Crippen LogP contribution in [0.3, 0.4) is 0 Å². The summed E-state index contributed by atoms with van der Waals surface area (Å²) in [5.41, 5.74) is 1.29. The van der Waals surface area contributed by atoms with Crippen molar-refractivity contribution in [2.24, 2.45) is 0 Å². The number of carbonyl (C=O) groups is 1. The Morgan fingerprint density at radius 3 is 2.64 bits per heavy atom. The van der Waals surface area contributed by atoms with E-state index in [1.54, 1.807) is 16.2 Å². The zero-order chi connectivity index (χ0) is 22.8. The van der Waals surface area contributed by atoms with Crippen LogP contribution < -0.4 is 0 Å². The Morgan fingerprint density at radius 2 is 1.91 bits per heavy atom. The van der Waals surface area contributed by atoms with Gasteiger partial charge in [0.05, 0.1) is 22.8 Å². The van der Waals surface area contributed by atoms with Crippen LogP contribution in [-0.2, 0) is 10.5 Å². The normalized spacial score (nSPS) is 18.5. The molecule has 170 valence electrons. The standard InChI is InChI=1S/C23H23N5O3S2/c1-15-11-27(12-16(2)31-15)22(29)18-13-30-20(24-18)14-33-23-26-25-21(19-9-6-10-32-19)28(23)17-7-4-3-5-8-17/h3-10,13,15-16H,11-12,14H2,1-2H3. The molecule has 4 aromatic rings. The lowest BCUT2D eigenvalue weighted by Gasteiger charge is -2.34. The van der Waals surface area contributed by atoms with E-state index in [0.717, 1.165) is 21.5 Å². The Balaban J connectivity index is 1.34. The molecule has 0 spiro atoms. The van der Waals surface area contributed by atoms with Crippen molar-refractivity contribution >= 4 is 29.0 Å². The van der Waals surface area contributed by atoms with Gasteiger partial charge in [-0.15, -0.1) is 21.5 Å². The van der Waals surface area contributed by atoms with Crippen molar-refractivity contribution in [2.45, 2.75) is 37.0 Å². The van der Waals surface area contributed by atoms with Gasteiger partial charge in [0.25, 0.3) is 5.91 Å². The number of morpholine rings is 1. The summed E-state index contributed by atoms with van der Waals surface area (Å²) in [4.78, 5) is 20.1. The minimum atomic E-state index is -0.135. The molecule has 0 radical (unpaired) electrons. The number of benzene rings is 1. The Labute approximate surface area is 199 Å². The van der Waals surface area contributed by atoms with Crippen LogP contribution in [0, 0.1) is 0 Å². The van der Waals surface area contributed by atoms with Gasteiger partial charge in [0.2, 0.25) is 5.89 Å². The van der Waals surface area contributed by atoms with E-state index in [-0.39, 0.29) is 18.1 Å². The molecule has 1 saturated heterocycles. The average molecular weight is 482 g/mol. The summed E-state index contributed by atoms with van der Waals surface area (Å²) >= 11 is 3.09. The molecule has 0 saturated carbocycles. The molecule has 1 aliphatic rings. The molecule has 3 aromatic heterocycles. The molecule has 1 amide bonds. The predicted octanol–water partition coefficient (Wildman–Crippen LogP) is 4.53. The SMILES string of the molecule is CC1CN(C(=O)c2coc(CSc3nnc(-c4cccs4)n3-c3ccccc3)n2)CC(C)O1. The highest BCUT2D eigenvalue weighted by Crippen LogP contribution is 2.31. The summed E-state index contributed by atoms with van der Waals surface area (Å²) in [6.07, 6.45) is 1.44. The number of thioether (sulfide) groups is 1. The molecule has 0 bridgehead atoms. The Hall–Kier alpha value is -2.95. The van der Waals surface area contributed by atoms with E-state index in [1.807, 2.05) is 66.3 Å². The molecule has 1 aliphatic heterocycles. The van der Waals surface area contributed by atoms with Crippen LogP contribution in [0.5, 0.6) is 0 Å². The lowest BCUT2D eigenvalue weighted by Crippen LogP contribution is -2.48. The molecule has 2 atom stereocenters. The van der Waals surface area contributed by atoms with E-state index in [0.29, 0.717) is 30.4 Å². The monoisotopic (exact) mass is 481 g/mol. The highest BCUT2D eigenvalue weighted by atomic mass is 32.2. The molecule has 33 heavy (non-hydrogen) atoms. The molecule has 1 fully saturated rings. The van der Waals surface area contributed by atoms with Gasteiger partial charge < -0.3 is 14.1 Å². The number of thiophene rings is 1. The number of hydrogen-bond donors (Lipinski definition) is 0. The fourth-order valence-corrected chi connectivity index (χ4v) is 5.35. The number of oxazole rings is 1. The van der Waals surface area contributed by atoms with Crippen LogP contribution in [0.15, 0.2) is 63.7 Å². The van der Waals surface area contributed by atoms with Gasteiger partial charge in [0.1, 0.15) is 6.26 Å². The van der Waals surface area contributed by atoms with Gasteiger partial charge in [0, 0.05) is 18.8 Å². The largest absolute Gasteiger partial charge is 0.447 e. The zero-order valence-corrected chi connectivity index (χ0v) is 19.9. The molecule has 0 aliphatic carbocycles. The third-order valence-corrected chi connectivity index (χ3v) is 6.97. The first-order valence-corrected chi connectivity index (χ1v) is 12.5. The van der Waals surface area contributed by atoms with Crippen LogP contribution in [0.4, 0.5) is 0 Å². The van der Waals surface area contributed by atoms with Gasteiger partial charge >= 0.3 is 0 Å². The van der Waals surface area contributed by atoms with Crippen molar-refractivity contribution in [1.82, 2.24) is 24.6 Å². The van der Waals surface area contributed by atoms with E-state index in [4.69, 9.17) is 9.15 Å². The summed E-state index contributed by atoms with van der Waals surface area (Å²) in [7, 11) is 0. The molecule has 0 N–H and O–H groups in total. The second-order valence-corrected chi connectivity index (χ2v) is 9.73. The molecule has 2 unspecified atom stereocenters. The van der Waals surface area contributed by atoms with E-state index >= 15 is 0 Å². The summed E-state index contributed by atoms with van der Waals surface area (Å²) in [6.45, 7) is 5.03. The highest BCUT2D eigenvalue weighted by molar-refractivity contribution is 7.98. The second kappa shape index (κ2) is 9.50. The van der Waals surface area contributed by atoms with Gasteiger partial charge in [-0.3, -0.25) is 9.36 Å². The lowest BCUT2D eigenvalue weighted by molar-refractivity contribution is -0.0587. The van der Waals surface area contributed by atoms with Crippen molar-refractivity contribution in [3.63, 3.8) is 0 Å². The lowest BCUT2D eigenvalue weighted by atomic mass is 10.2. The minimum Gasteiger partial charge on any atom is -0.447 e. The zero-order valence-electron chi connectivity index (χ0n) is 18.2. The first-order valence-electron chi connectivity index (χ1n) is 10.6. The van der Waals surface area contributed by atoms with Crippen molar-refractivity contribution in [3.05, 3.63) is 65.7 Å². The van der Waals surface area contributed by atoms with E-state index in [9.17, 15) is 4.79 Å². The van der Waals surface area contributed by atoms with Gasteiger partial charge in [-0.05, 0) is 37.4 Å². The number of para-hydroxylation sites is 1. The number of aromatic nitrogens is 4. The fraction of sp³-hybridized carbons (Fsp3) is 0.304. The maximum Gasteiger partial charge on any atom is 0.275 e.